The summed E-state index contributed by atoms with van der Waals surface area (Å²) >= 11 is 11.6. The second-order valence-corrected chi connectivity index (χ2v) is 4.84. The fraction of sp³-hybridized carbons (Fsp3) is 0.0769. The zero-order chi connectivity index (χ0) is 14.2. The summed E-state index contributed by atoms with van der Waals surface area (Å²) in [7, 11) is 0. The van der Waals surface area contributed by atoms with Gasteiger partial charge < -0.3 is 5.73 Å². The molecule has 2 aromatic rings. The first-order chi connectivity index (χ1) is 8.88. The van der Waals surface area contributed by atoms with Gasteiger partial charge in [0.2, 0.25) is 0 Å². The minimum absolute atomic E-state index is 0.292. The molecule has 1 unspecified atom stereocenters. The fourth-order valence-electron chi connectivity index (χ4n) is 1.77. The lowest BCUT2D eigenvalue weighted by Gasteiger charge is -2.15. The average Bonchev–Trinajstić information content (AvgIpc) is 2.25. The Morgan fingerprint density at radius 3 is 1.79 bits per heavy atom. The molecule has 0 saturated heterocycles. The lowest BCUT2D eigenvalue weighted by atomic mass is 9.98. The quantitative estimate of drug-likeness (QED) is 0.871. The van der Waals surface area contributed by atoms with Gasteiger partial charge in [-0.05, 0) is 23.8 Å². The Labute approximate surface area is 117 Å². The second kappa shape index (κ2) is 5.41. The molecule has 2 aromatic carbocycles. The SMILES string of the molecule is NC(c1cc(Cl)cc(Cl)c1)c1c(F)cc(F)cc1F. The molecular weight excluding hydrogens is 298 g/mol. The van der Waals surface area contributed by atoms with Crippen LogP contribution in [-0.2, 0) is 0 Å². The van der Waals surface area contributed by atoms with E-state index in [1.54, 1.807) is 0 Å². The zero-order valence-corrected chi connectivity index (χ0v) is 10.9. The lowest BCUT2D eigenvalue weighted by molar-refractivity contribution is 0.515. The summed E-state index contributed by atoms with van der Waals surface area (Å²) in [6, 6.07) is 4.38. The van der Waals surface area contributed by atoms with Crippen LogP contribution >= 0.6 is 23.2 Å². The monoisotopic (exact) mass is 305 g/mol. The number of nitrogens with two attached hydrogens (primary N) is 1. The predicted octanol–water partition coefficient (Wildman–Crippen LogP) is 4.46. The highest BCUT2D eigenvalue weighted by atomic mass is 35.5. The molecule has 0 spiro atoms. The highest BCUT2D eigenvalue weighted by Crippen LogP contribution is 2.29. The van der Waals surface area contributed by atoms with E-state index in [4.69, 9.17) is 28.9 Å². The van der Waals surface area contributed by atoms with Crippen molar-refractivity contribution in [3.05, 3.63) is 69.0 Å². The molecule has 1 nitrogen and oxygen atoms in total. The lowest BCUT2D eigenvalue weighted by Crippen LogP contribution is -2.16. The Bertz CT molecular complexity index is 588. The van der Waals surface area contributed by atoms with Crippen LogP contribution in [0, 0.1) is 17.5 Å². The van der Waals surface area contributed by atoms with Crippen molar-refractivity contribution in [1.29, 1.82) is 0 Å². The van der Waals surface area contributed by atoms with Gasteiger partial charge in [0.1, 0.15) is 17.5 Å². The molecule has 0 aliphatic heterocycles. The molecule has 2 rings (SSSR count). The summed E-state index contributed by atoms with van der Waals surface area (Å²) in [5.74, 6) is -3.11. The Kier molecular flexibility index (Phi) is 4.04. The number of benzene rings is 2. The van der Waals surface area contributed by atoms with E-state index in [1.807, 2.05) is 0 Å². The molecule has 2 N–H and O–H groups in total. The third-order valence-electron chi connectivity index (χ3n) is 2.60. The Balaban J connectivity index is 2.52. The maximum Gasteiger partial charge on any atom is 0.134 e. The van der Waals surface area contributed by atoms with Crippen molar-refractivity contribution in [2.75, 3.05) is 0 Å². The van der Waals surface area contributed by atoms with Crippen molar-refractivity contribution in [2.24, 2.45) is 5.73 Å². The molecule has 0 fully saturated rings. The Morgan fingerprint density at radius 1 is 0.842 bits per heavy atom. The van der Waals surface area contributed by atoms with Crippen LogP contribution in [-0.4, -0.2) is 0 Å². The van der Waals surface area contributed by atoms with Crippen LogP contribution in [0.4, 0.5) is 13.2 Å². The highest BCUT2D eigenvalue weighted by Gasteiger charge is 2.20. The van der Waals surface area contributed by atoms with E-state index in [2.05, 4.69) is 0 Å². The van der Waals surface area contributed by atoms with E-state index in [1.165, 1.54) is 18.2 Å². The summed E-state index contributed by atoms with van der Waals surface area (Å²) in [6.07, 6.45) is 0. The Morgan fingerprint density at radius 2 is 1.32 bits per heavy atom. The number of hydrogen-bond acceptors (Lipinski definition) is 1. The minimum Gasteiger partial charge on any atom is -0.320 e. The molecule has 0 saturated carbocycles. The average molecular weight is 306 g/mol. The van der Waals surface area contributed by atoms with E-state index < -0.39 is 29.1 Å². The van der Waals surface area contributed by atoms with Crippen LogP contribution in [0.5, 0.6) is 0 Å². The number of halogens is 5. The molecule has 6 heteroatoms. The van der Waals surface area contributed by atoms with Gasteiger partial charge in [-0.2, -0.15) is 0 Å². The smallest absolute Gasteiger partial charge is 0.134 e. The maximum absolute atomic E-state index is 13.6. The molecule has 0 bridgehead atoms. The van der Waals surface area contributed by atoms with Crippen LogP contribution in [0.2, 0.25) is 10.0 Å². The molecule has 100 valence electrons. The van der Waals surface area contributed by atoms with Crippen molar-refractivity contribution >= 4 is 23.2 Å². The summed E-state index contributed by atoms with van der Waals surface area (Å²) < 4.78 is 40.1. The van der Waals surface area contributed by atoms with E-state index in [0.29, 0.717) is 27.7 Å². The van der Waals surface area contributed by atoms with Gasteiger partial charge in [-0.1, -0.05) is 23.2 Å². The van der Waals surface area contributed by atoms with Crippen molar-refractivity contribution in [1.82, 2.24) is 0 Å². The van der Waals surface area contributed by atoms with Gasteiger partial charge >= 0.3 is 0 Å². The summed E-state index contributed by atoms with van der Waals surface area (Å²) in [6.45, 7) is 0. The molecule has 0 aromatic heterocycles. The Hall–Kier alpha value is -1.23. The fourth-order valence-corrected chi connectivity index (χ4v) is 2.31. The normalized spacial score (nSPS) is 12.5. The van der Waals surface area contributed by atoms with E-state index in [-0.39, 0.29) is 0 Å². The second-order valence-electron chi connectivity index (χ2n) is 3.96. The van der Waals surface area contributed by atoms with Gasteiger partial charge in [-0.25, -0.2) is 13.2 Å². The standard InChI is InChI=1S/C13H8Cl2F3N/c14-7-1-6(2-8(15)3-7)13(19)12-10(17)4-9(16)5-11(12)18/h1-5,13H,19H2. The van der Waals surface area contributed by atoms with E-state index in [9.17, 15) is 13.2 Å². The predicted molar refractivity (Wildman–Crippen MR) is 68.8 cm³/mol. The van der Waals surface area contributed by atoms with Crippen molar-refractivity contribution in [2.45, 2.75) is 6.04 Å². The molecule has 1 atom stereocenters. The van der Waals surface area contributed by atoms with Crippen molar-refractivity contribution < 1.29 is 13.2 Å². The molecule has 19 heavy (non-hydrogen) atoms. The van der Waals surface area contributed by atoms with Gasteiger partial charge in [0.15, 0.2) is 0 Å². The molecule has 0 radical (unpaired) electrons. The summed E-state index contributed by atoms with van der Waals surface area (Å²) in [5, 5.41) is 0.585. The van der Waals surface area contributed by atoms with Gasteiger partial charge in [-0.15, -0.1) is 0 Å². The number of hydrogen-bond donors (Lipinski definition) is 1. The van der Waals surface area contributed by atoms with Crippen LogP contribution in [0.1, 0.15) is 17.2 Å². The third kappa shape index (κ3) is 3.03. The van der Waals surface area contributed by atoms with Gasteiger partial charge in [-0.3, -0.25) is 0 Å². The molecule has 0 heterocycles. The van der Waals surface area contributed by atoms with Gasteiger partial charge in [0, 0.05) is 27.7 Å². The highest BCUT2D eigenvalue weighted by molar-refractivity contribution is 6.34. The molecule has 0 aliphatic rings. The van der Waals surface area contributed by atoms with Crippen LogP contribution < -0.4 is 5.73 Å². The molecule has 0 aliphatic carbocycles. The van der Waals surface area contributed by atoms with Crippen molar-refractivity contribution in [3.63, 3.8) is 0 Å². The third-order valence-corrected chi connectivity index (χ3v) is 3.04. The van der Waals surface area contributed by atoms with Crippen LogP contribution in [0.15, 0.2) is 30.3 Å². The largest absolute Gasteiger partial charge is 0.320 e. The van der Waals surface area contributed by atoms with E-state index >= 15 is 0 Å². The topological polar surface area (TPSA) is 26.0 Å². The molecular formula is C13H8Cl2F3N. The van der Waals surface area contributed by atoms with Crippen LogP contribution in [0.3, 0.4) is 0 Å². The van der Waals surface area contributed by atoms with Gasteiger partial charge in [0.05, 0.1) is 6.04 Å². The summed E-state index contributed by atoms with van der Waals surface area (Å²) in [4.78, 5) is 0. The van der Waals surface area contributed by atoms with Crippen molar-refractivity contribution in [3.8, 4) is 0 Å². The molecule has 0 amide bonds. The van der Waals surface area contributed by atoms with Gasteiger partial charge in [0.25, 0.3) is 0 Å². The first-order valence-electron chi connectivity index (χ1n) is 5.24. The van der Waals surface area contributed by atoms with Crippen LogP contribution in [0.25, 0.3) is 0 Å². The number of rotatable bonds is 2. The minimum atomic E-state index is -1.13. The summed E-state index contributed by atoms with van der Waals surface area (Å²) in [5.41, 5.74) is 5.69. The first kappa shape index (κ1) is 14.2. The van der Waals surface area contributed by atoms with E-state index in [0.717, 1.165) is 0 Å². The maximum atomic E-state index is 13.6. The first-order valence-corrected chi connectivity index (χ1v) is 6.00. The zero-order valence-electron chi connectivity index (χ0n) is 9.43.